The summed E-state index contributed by atoms with van der Waals surface area (Å²) >= 11 is 0. The molecule has 0 spiro atoms. The summed E-state index contributed by atoms with van der Waals surface area (Å²) in [5.41, 5.74) is 9.76. The number of hydrogen-bond donors (Lipinski definition) is 2. The Balaban J connectivity index is 1.76. The predicted octanol–water partition coefficient (Wildman–Crippen LogP) is 1.68. The minimum Gasteiger partial charge on any atom is -0.351 e. The second-order valence-electron chi connectivity index (χ2n) is 6.67. The first-order valence-corrected chi connectivity index (χ1v) is 8.34. The molecule has 2 aromatic rings. The van der Waals surface area contributed by atoms with E-state index in [4.69, 9.17) is 5.73 Å². The molecular weight excluding hydrogens is 318 g/mol. The summed E-state index contributed by atoms with van der Waals surface area (Å²) in [6, 6.07) is 7.40. The minimum absolute atomic E-state index is 0.0910. The Bertz CT molecular complexity index is 807. The zero-order valence-corrected chi connectivity index (χ0v) is 14.7. The highest BCUT2D eigenvalue weighted by molar-refractivity contribution is 5.92. The van der Waals surface area contributed by atoms with Crippen LogP contribution in [-0.2, 0) is 0 Å². The number of hydrogen-bond acceptors (Lipinski definition) is 3. The Morgan fingerprint density at radius 3 is 2.44 bits per heavy atom. The topological polar surface area (TPSA) is 93.2 Å². The number of rotatable bonds is 3. The lowest BCUT2D eigenvalue weighted by atomic mass is 10.1. The maximum atomic E-state index is 12.5. The molecule has 3 N–H and O–H groups in total. The van der Waals surface area contributed by atoms with Gasteiger partial charge in [-0.05, 0) is 56.5 Å². The molecule has 132 valence electrons. The standard InChI is InChI=1S/C18H23N5O2/c1-11-6-12(2)8-15(7-11)23-13(3)9-16(21-23)17(24)20-14-4-5-22(10-14)18(19)25/h6-9,14H,4-5,10H2,1-3H3,(H2,19,25)(H,20,24)/t14-/m1/s1. The predicted molar refractivity (Wildman–Crippen MR) is 94.8 cm³/mol. The first-order valence-electron chi connectivity index (χ1n) is 8.34. The highest BCUT2D eigenvalue weighted by Crippen LogP contribution is 2.17. The molecule has 0 aliphatic carbocycles. The lowest BCUT2D eigenvalue weighted by molar-refractivity contribution is 0.0932. The number of carbonyl (C=O) groups is 2. The van der Waals surface area contributed by atoms with E-state index in [0.29, 0.717) is 25.2 Å². The third-order valence-electron chi connectivity index (χ3n) is 4.41. The van der Waals surface area contributed by atoms with Crippen LogP contribution in [0, 0.1) is 20.8 Å². The van der Waals surface area contributed by atoms with E-state index in [0.717, 1.165) is 22.5 Å². The van der Waals surface area contributed by atoms with Gasteiger partial charge in [0.25, 0.3) is 5.91 Å². The van der Waals surface area contributed by atoms with Crippen LogP contribution in [0.25, 0.3) is 5.69 Å². The molecule has 7 heteroatoms. The number of amides is 3. The lowest BCUT2D eigenvalue weighted by Crippen LogP contribution is -2.40. The monoisotopic (exact) mass is 341 g/mol. The number of aromatic nitrogens is 2. The van der Waals surface area contributed by atoms with Crippen molar-refractivity contribution in [3.63, 3.8) is 0 Å². The zero-order valence-electron chi connectivity index (χ0n) is 14.7. The van der Waals surface area contributed by atoms with Gasteiger partial charge >= 0.3 is 6.03 Å². The van der Waals surface area contributed by atoms with Gasteiger partial charge in [-0.25, -0.2) is 9.48 Å². The number of nitrogens with zero attached hydrogens (tertiary/aromatic N) is 3. The van der Waals surface area contributed by atoms with E-state index in [1.807, 2.05) is 32.9 Å². The average molecular weight is 341 g/mol. The fourth-order valence-corrected chi connectivity index (χ4v) is 3.26. The second-order valence-corrected chi connectivity index (χ2v) is 6.67. The lowest BCUT2D eigenvalue weighted by Gasteiger charge is -2.14. The molecule has 1 aliphatic heterocycles. The SMILES string of the molecule is Cc1cc(C)cc(-n2nc(C(=O)N[C@@H]3CCN(C(N)=O)C3)cc2C)c1. The summed E-state index contributed by atoms with van der Waals surface area (Å²) in [5.74, 6) is -0.234. The summed E-state index contributed by atoms with van der Waals surface area (Å²) in [6.45, 7) is 7.00. The van der Waals surface area contributed by atoms with Crippen molar-refractivity contribution in [1.82, 2.24) is 20.0 Å². The van der Waals surface area contributed by atoms with E-state index in [9.17, 15) is 9.59 Å². The van der Waals surface area contributed by atoms with Crippen LogP contribution in [0.4, 0.5) is 4.79 Å². The second kappa shape index (κ2) is 6.58. The van der Waals surface area contributed by atoms with Crippen LogP contribution in [0.1, 0.15) is 33.7 Å². The highest BCUT2D eigenvalue weighted by Gasteiger charge is 2.27. The third-order valence-corrected chi connectivity index (χ3v) is 4.41. The van der Waals surface area contributed by atoms with Gasteiger partial charge in [0.2, 0.25) is 0 Å². The Morgan fingerprint density at radius 1 is 1.16 bits per heavy atom. The van der Waals surface area contributed by atoms with E-state index >= 15 is 0 Å². The molecule has 1 aromatic heterocycles. The van der Waals surface area contributed by atoms with Crippen LogP contribution in [0.2, 0.25) is 0 Å². The fraction of sp³-hybridized carbons (Fsp3) is 0.389. The van der Waals surface area contributed by atoms with Crippen LogP contribution in [-0.4, -0.2) is 45.8 Å². The Morgan fingerprint density at radius 2 is 1.84 bits per heavy atom. The molecule has 1 aromatic carbocycles. The van der Waals surface area contributed by atoms with Crippen molar-refractivity contribution < 1.29 is 9.59 Å². The molecule has 0 radical (unpaired) electrons. The number of nitrogens with two attached hydrogens (primary N) is 1. The quantitative estimate of drug-likeness (QED) is 0.889. The molecule has 3 amide bonds. The molecule has 1 saturated heterocycles. The van der Waals surface area contributed by atoms with E-state index < -0.39 is 6.03 Å². The molecule has 1 fully saturated rings. The molecule has 7 nitrogen and oxygen atoms in total. The van der Waals surface area contributed by atoms with Gasteiger partial charge in [0.05, 0.1) is 5.69 Å². The van der Waals surface area contributed by atoms with Gasteiger partial charge in [0.1, 0.15) is 0 Å². The van der Waals surface area contributed by atoms with E-state index in [1.165, 1.54) is 4.90 Å². The van der Waals surface area contributed by atoms with Gasteiger partial charge in [-0.15, -0.1) is 0 Å². The van der Waals surface area contributed by atoms with Gasteiger partial charge in [-0.1, -0.05) is 6.07 Å². The number of benzene rings is 1. The van der Waals surface area contributed by atoms with Crippen molar-refractivity contribution in [2.45, 2.75) is 33.2 Å². The van der Waals surface area contributed by atoms with Crippen LogP contribution in [0.3, 0.4) is 0 Å². The van der Waals surface area contributed by atoms with Crippen molar-refractivity contribution in [3.05, 3.63) is 46.8 Å². The number of aryl methyl sites for hydroxylation is 3. The minimum atomic E-state index is -0.452. The first kappa shape index (κ1) is 17.0. The van der Waals surface area contributed by atoms with Crippen molar-refractivity contribution in [3.8, 4) is 5.69 Å². The van der Waals surface area contributed by atoms with Crippen LogP contribution >= 0.6 is 0 Å². The average Bonchev–Trinajstić information content (AvgIpc) is 3.13. The Kier molecular flexibility index (Phi) is 4.48. The summed E-state index contributed by atoms with van der Waals surface area (Å²) in [5, 5.41) is 7.39. The van der Waals surface area contributed by atoms with Crippen LogP contribution < -0.4 is 11.1 Å². The van der Waals surface area contributed by atoms with E-state index in [1.54, 1.807) is 10.7 Å². The summed E-state index contributed by atoms with van der Waals surface area (Å²) in [6.07, 6.45) is 0.700. The summed E-state index contributed by atoms with van der Waals surface area (Å²) < 4.78 is 1.78. The molecule has 0 saturated carbocycles. The highest BCUT2D eigenvalue weighted by atomic mass is 16.2. The van der Waals surface area contributed by atoms with Gasteiger partial charge in [-0.2, -0.15) is 5.10 Å². The number of urea groups is 1. The van der Waals surface area contributed by atoms with E-state index in [2.05, 4.69) is 16.5 Å². The van der Waals surface area contributed by atoms with Crippen LogP contribution in [0.5, 0.6) is 0 Å². The zero-order chi connectivity index (χ0) is 18.1. The maximum absolute atomic E-state index is 12.5. The van der Waals surface area contributed by atoms with Gasteiger partial charge in [-0.3, -0.25) is 4.79 Å². The molecule has 0 bridgehead atoms. The van der Waals surface area contributed by atoms with Crippen molar-refractivity contribution in [2.24, 2.45) is 5.73 Å². The maximum Gasteiger partial charge on any atom is 0.314 e. The van der Waals surface area contributed by atoms with Gasteiger partial charge < -0.3 is 16.0 Å². The number of likely N-dealkylation sites (tertiary alicyclic amines) is 1. The molecule has 1 atom stereocenters. The third kappa shape index (κ3) is 3.65. The molecule has 3 rings (SSSR count). The Labute approximate surface area is 146 Å². The summed E-state index contributed by atoms with van der Waals surface area (Å²) in [7, 11) is 0. The Hall–Kier alpha value is -2.83. The number of nitrogens with one attached hydrogen (secondary N) is 1. The summed E-state index contributed by atoms with van der Waals surface area (Å²) in [4.78, 5) is 25.2. The smallest absolute Gasteiger partial charge is 0.314 e. The first-order chi connectivity index (χ1) is 11.8. The largest absolute Gasteiger partial charge is 0.351 e. The van der Waals surface area contributed by atoms with Crippen molar-refractivity contribution in [2.75, 3.05) is 13.1 Å². The van der Waals surface area contributed by atoms with E-state index in [-0.39, 0.29) is 11.9 Å². The molecular formula is C18H23N5O2. The van der Waals surface area contributed by atoms with Gasteiger partial charge in [0.15, 0.2) is 5.69 Å². The van der Waals surface area contributed by atoms with Crippen LogP contribution in [0.15, 0.2) is 24.3 Å². The normalized spacial score (nSPS) is 16.9. The molecule has 25 heavy (non-hydrogen) atoms. The molecule has 1 aliphatic rings. The van der Waals surface area contributed by atoms with Gasteiger partial charge in [0, 0.05) is 24.8 Å². The number of carbonyl (C=O) groups excluding carboxylic acids is 2. The van der Waals surface area contributed by atoms with Crippen molar-refractivity contribution in [1.29, 1.82) is 0 Å². The number of primary amides is 1. The van der Waals surface area contributed by atoms with Crippen molar-refractivity contribution >= 4 is 11.9 Å². The molecule has 0 unspecified atom stereocenters. The molecule has 2 heterocycles. The fourth-order valence-electron chi connectivity index (χ4n) is 3.26.